The molecular weight excluding hydrogens is 300 g/mol. The van der Waals surface area contributed by atoms with Gasteiger partial charge in [-0.2, -0.15) is 0 Å². The molecule has 0 radical (unpaired) electrons. The van der Waals surface area contributed by atoms with Gasteiger partial charge in [-0.3, -0.25) is 9.59 Å². The third-order valence-electron chi connectivity index (χ3n) is 4.20. The fourth-order valence-electron chi connectivity index (χ4n) is 2.84. The molecule has 1 atom stereocenters. The lowest BCUT2D eigenvalue weighted by Crippen LogP contribution is -2.44. The molecule has 0 bridgehead atoms. The first-order chi connectivity index (χ1) is 11.6. The number of amides is 2. The smallest absolute Gasteiger partial charge is 0.239 e. The molecule has 0 unspecified atom stereocenters. The van der Waals surface area contributed by atoms with Crippen molar-refractivity contribution in [3.8, 4) is 0 Å². The van der Waals surface area contributed by atoms with Crippen molar-refractivity contribution in [2.45, 2.75) is 51.5 Å². The molecule has 0 saturated heterocycles. The number of fused-ring (bicyclic) bond motifs is 1. The zero-order valence-electron chi connectivity index (χ0n) is 14.3. The predicted octanol–water partition coefficient (Wildman–Crippen LogP) is 3.32. The van der Waals surface area contributed by atoms with Crippen LogP contribution in [0, 0.1) is 0 Å². The number of rotatable bonds is 9. The van der Waals surface area contributed by atoms with Crippen LogP contribution in [0.15, 0.2) is 42.5 Å². The normalized spacial score (nSPS) is 12.0. The van der Waals surface area contributed by atoms with Gasteiger partial charge in [0.15, 0.2) is 0 Å². The summed E-state index contributed by atoms with van der Waals surface area (Å²) in [7, 11) is 0. The molecule has 2 amide bonds. The molecule has 2 aromatic rings. The second kappa shape index (κ2) is 9.06. The molecular formula is C20H26N2O2. The van der Waals surface area contributed by atoms with Gasteiger partial charge in [0.1, 0.15) is 6.04 Å². The van der Waals surface area contributed by atoms with E-state index in [0.29, 0.717) is 6.42 Å². The first-order valence-corrected chi connectivity index (χ1v) is 8.66. The molecule has 3 N–H and O–H groups in total. The van der Waals surface area contributed by atoms with E-state index in [1.165, 1.54) is 0 Å². The fraction of sp³-hybridized carbons (Fsp3) is 0.400. The highest BCUT2D eigenvalue weighted by Gasteiger charge is 2.17. The molecule has 4 heteroatoms. The van der Waals surface area contributed by atoms with Crippen LogP contribution < -0.4 is 11.1 Å². The lowest BCUT2D eigenvalue weighted by atomic mass is 10.0. The number of hydrogen-bond acceptors (Lipinski definition) is 2. The Kier molecular flexibility index (Phi) is 6.79. The molecule has 128 valence electrons. The minimum atomic E-state index is -0.574. The van der Waals surface area contributed by atoms with E-state index < -0.39 is 11.9 Å². The maximum absolute atomic E-state index is 12.2. The predicted molar refractivity (Wildman–Crippen MR) is 97.5 cm³/mol. The minimum absolute atomic E-state index is 0.162. The van der Waals surface area contributed by atoms with Crippen LogP contribution in [-0.2, 0) is 16.0 Å². The summed E-state index contributed by atoms with van der Waals surface area (Å²) in [4.78, 5) is 23.8. The van der Waals surface area contributed by atoms with E-state index >= 15 is 0 Å². The van der Waals surface area contributed by atoms with Crippen LogP contribution >= 0.6 is 0 Å². The second-order valence-electron chi connectivity index (χ2n) is 6.23. The maximum atomic E-state index is 12.2. The zero-order valence-corrected chi connectivity index (χ0v) is 14.3. The molecule has 0 aliphatic heterocycles. The van der Waals surface area contributed by atoms with Crippen molar-refractivity contribution in [3.05, 3.63) is 48.0 Å². The van der Waals surface area contributed by atoms with E-state index in [-0.39, 0.29) is 12.3 Å². The van der Waals surface area contributed by atoms with Gasteiger partial charge < -0.3 is 11.1 Å². The molecule has 0 aliphatic carbocycles. The Morgan fingerprint density at radius 3 is 2.50 bits per heavy atom. The third-order valence-corrected chi connectivity index (χ3v) is 4.20. The summed E-state index contributed by atoms with van der Waals surface area (Å²) in [5.41, 5.74) is 6.34. The zero-order chi connectivity index (χ0) is 17.4. The average Bonchev–Trinajstić information content (AvgIpc) is 2.57. The van der Waals surface area contributed by atoms with Crippen molar-refractivity contribution in [1.29, 1.82) is 0 Å². The Morgan fingerprint density at radius 2 is 1.79 bits per heavy atom. The number of carbonyl (C=O) groups is 2. The van der Waals surface area contributed by atoms with E-state index in [0.717, 1.165) is 42.0 Å². The Morgan fingerprint density at radius 1 is 1.04 bits per heavy atom. The molecule has 0 saturated carbocycles. The number of primary amides is 1. The topological polar surface area (TPSA) is 72.2 Å². The van der Waals surface area contributed by atoms with Gasteiger partial charge in [0, 0.05) is 0 Å². The standard InChI is InChI=1S/C20H26N2O2/c1-2-3-4-5-10-18(20(21)24)22-19(23)14-15-11-12-16-8-6-7-9-17(16)13-15/h6-9,11-13,18H,2-5,10,14H2,1H3,(H2,21,24)(H,22,23)/t18-/m1/s1. The first-order valence-electron chi connectivity index (χ1n) is 8.66. The molecule has 24 heavy (non-hydrogen) atoms. The van der Waals surface area contributed by atoms with Crippen LogP contribution in [0.2, 0.25) is 0 Å². The Balaban J connectivity index is 1.92. The van der Waals surface area contributed by atoms with Gasteiger partial charge in [0.2, 0.25) is 11.8 Å². The number of benzene rings is 2. The van der Waals surface area contributed by atoms with Crippen LogP contribution in [0.5, 0.6) is 0 Å². The second-order valence-corrected chi connectivity index (χ2v) is 6.23. The molecule has 0 aromatic heterocycles. The van der Waals surface area contributed by atoms with Crippen LogP contribution in [0.3, 0.4) is 0 Å². The molecule has 0 heterocycles. The van der Waals surface area contributed by atoms with Crippen LogP contribution in [-0.4, -0.2) is 17.9 Å². The summed E-state index contributed by atoms with van der Waals surface area (Å²) in [6.45, 7) is 2.14. The van der Waals surface area contributed by atoms with Crippen LogP contribution in [0.1, 0.15) is 44.6 Å². The van der Waals surface area contributed by atoms with Crippen molar-refractivity contribution < 1.29 is 9.59 Å². The maximum Gasteiger partial charge on any atom is 0.239 e. The molecule has 0 fully saturated rings. The summed E-state index contributed by atoms with van der Waals surface area (Å²) in [5.74, 6) is -0.622. The van der Waals surface area contributed by atoms with Gasteiger partial charge in [-0.1, -0.05) is 75.1 Å². The van der Waals surface area contributed by atoms with Gasteiger partial charge in [0.05, 0.1) is 6.42 Å². The Bertz CT molecular complexity index is 697. The van der Waals surface area contributed by atoms with E-state index in [4.69, 9.17) is 5.73 Å². The average molecular weight is 326 g/mol. The van der Waals surface area contributed by atoms with Crippen molar-refractivity contribution in [3.63, 3.8) is 0 Å². The minimum Gasteiger partial charge on any atom is -0.368 e. The van der Waals surface area contributed by atoms with E-state index in [1.807, 2.05) is 42.5 Å². The summed E-state index contributed by atoms with van der Waals surface area (Å²) >= 11 is 0. The largest absolute Gasteiger partial charge is 0.368 e. The quantitative estimate of drug-likeness (QED) is 0.694. The van der Waals surface area contributed by atoms with Crippen molar-refractivity contribution >= 4 is 22.6 Å². The number of nitrogens with one attached hydrogen (secondary N) is 1. The van der Waals surface area contributed by atoms with Crippen LogP contribution in [0.4, 0.5) is 0 Å². The van der Waals surface area contributed by atoms with Gasteiger partial charge in [0.25, 0.3) is 0 Å². The van der Waals surface area contributed by atoms with E-state index in [1.54, 1.807) is 0 Å². The number of hydrogen-bond donors (Lipinski definition) is 2. The highest BCUT2D eigenvalue weighted by molar-refractivity contribution is 5.88. The monoisotopic (exact) mass is 326 g/mol. The molecule has 2 aromatic carbocycles. The number of carbonyl (C=O) groups excluding carboxylic acids is 2. The van der Waals surface area contributed by atoms with E-state index in [9.17, 15) is 9.59 Å². The van der Waals surface area contributed by atoms with Gasteiger partial charge in [-0.25, -0.2) is 0 Å². The fourth-order valence-corrected chi connectivity index (χ4v) is 2.84. The summed E-state index contributed by atoms with van der Waals surface area (Å²) in [5, 5.41) is 5.03. The molecule has 0 aliphatic rings. The van der Waals surface area contributed by atoms with E-state index in [2.05, 4.69) is 12.2 Å². The van der Waals surface area contributed by atoms with Crippen molar-refractivity contribution in [2.24, 2.45) is 5.73 Å². The number of nitrogens with two attached hydrogens (primary N) is 1. The molecule has 2 rings (SSSR count). The number of unbranched alkanes of at least 4 members (excludes halogenated alkanes) is 3. The van der Waals surface area contributed by atoms with Gasteiger partial charge in [-0.15, -0.1) is 0 Å². The lowest BCUT2D eigenvalue weighted by molar-refractivity contribution is -0.127. The van der Waals surface area contributed by atoms with Crippen molar-refractivity contribution in [2.75, 3.05) is 0 Å². The summed E-state index contributed by atoms with van der Waals surface area (Å²) in [6, 6.07) is 13.4. The highest BCUT2D eigenvalue weighted by Crippen LogP contribution is 2.16. The van der Waals surface area contributed by atoms with Gasteiger partial charge in [-0.05, 0) is 22.8 Å². The van der Waals surface area contributed by atoms with Crippen molar-refractivity contribution in [1.82, 2.24) is 5.32 Å². The van der Waals surface area contributed by atoms with Gasteiger partial charge >= 0.3 is 0 Å². The van der Waals surface area contributed by atoms with Crippen LogP contribution in [0.25, 0.3) is 10.8 Å². The third kappa shape index (κ3) is 5.37. The molecule has 0 spiro atoms. The lowest BCUT2D eigenvalue weighted by Gasteiger charge is -2.15. The Labute approximate surface area is 143 Å². The first kappa shape index (κ1) is 18.0. The summed E-state index contributed by atoms with van der Waals surface area (Å²) in [6.07, 6.45) is 5.09. The highest BCUT2D eigenvalue weighted by atomic mass is 16.2. The summed E-state index contributed by atoms with van der Waals surface area (Å²) < 4.78 is 0. The molecule has 4 nitrogen and oxygen atoms in total. The Hall–Kier alpha value is -2.36. The SMILES string of the molecule is CCCCCC[C@@H](NC(=O)Cc1ccc2ccccc2c1)C(N)=O.